The lowest BCUT2D eigenvalue weighted by atomic mass is 9.68. The van der Waals surface area contributed by atoms with Gasteiger partial charge in [0, 0.05) is 17.5 Å². The summed E-state index contributed by atoms with van der Waals surface area (Å²) in [5.74, 6) is -0.00824. The normalized spacial score (nSPS) is 30.2. The lowest BCUT2D eigenvalue weighted by molar-refractivity contribution is -0.118. The highest BCUT2D eigenvalue weighted by molar-refractivity contribution is 5.98. The summed E-state index contributed by atoms with van der Waals surface area (Å²) in [6.07, 6.45) is 8.68. The Hall–Kier alpha value is -2.17. The van der Waals surface area contributed by atoms with Crippen molar-refractivity contribution in [1.82, 2.24) is 0 Å². The Labute approximate surface area is 167 Å². The molecule has 0 aromatic heterocycles. The van der Waals surface area contributed by atoms with Crippen LogP contribution in [0.15, 0.2) is 65.8 Å². The molecule has 150 valence electrons. The van der Waals surface area contributed by atoms with Gasteiger partial charge in [-0.05, 0) is 52.2 Å². The maximum absolute atomic E-state index is 13.1. The molecule has 4 atom stereocenters. The van der Waals surface area contributed by atoms with Crippen LogP contribution in [-0.4, -0.2) is 34.4 Å². The number of rotatable bonds is 5. The molecule has 1 aromatic rings. The first-order valence-corrected chi connectivity index (χ1v) is 10.1. The summed E-state index contributed by atoms with van der Waals surface area (Å²) in [5.41, 5.74) is 2.61. The number of anilines is 1. The van der Waals surface area contributed by atoms with E-state index in [-0.39, 0.29) is 18.4 Å². The summed E-state index contributed by atoms with van der Waals surface area (Å²) in [6.45, 7) is 6.26. The summed E-state index contributed by atoms with van der Waals surface area (Å²) in [5, 5.41) is 21.2. The predicted molar refractivity (Wildman–Crippen MR) is 113 cm³/mol. The fourth-order valence-electron chi connectivity index (χ4n) is 4.43. The minimum atomic E-state index is -0.764. The maximum Gasteiger partial charge on any atom is 0.228 e. The summed E-state index contributed by atoms with van der Waals surface area (Å²) in [6, 6.07) is 9.33. The summed E-state index contributed by atoms with van der Waals surface area (Å²) in [7, 11) is 0. The van der Waals surface area contributed by atoms with Crippen LogP contribution in [0.3, 0.4) is 0 Å². The minimum Gasteiger partial charge on any atom is -0.389 e. The number of aliphatic hydroxyl groups is 2. The average Bonchev–Trinajstić information content (AvgIpc) is 2.90. The third-order valence-corrected chi connectivity index (χ3v) is 5.88. The Morgan fingerprint density at radius 2 is 1.89 bits per heavy atom. The van der Waals surface area contributed by atoms with E-state index in [0.717, 1.165) is 18.5 Å². The van der Waals surface area contributed by atoms with Crippen molar-refractivity contribution in [2.24, 2.45) is 5.41 Å². The molecule has 0 bridgehead atoms. The molecule has 28 heavy (non-hydrogen) atoms. The monoisotopic (exact) mass is 381 g/mol. The van der Waals surface area contributed by atoms with Crippen LogP contribution in [0, 0.1) is 5.41 Å². The van der Waals surface area contributed by atoms with Gasteiger partial charge >= 0.3 is 0 Å². The van der Waals surface area contributed by atoms with Crippen LogP contribution in [0.1, 0.15) is 46.5 Å². The van der Waals surface area contributed by atoms with Crippen molar-refractivity contribution < 1.29 is 15.0 Å². The number of para-hydroxylation sites is 1. The highest BCUT2D eigenvalue weighted by Crippen LogP contribution is 2.49. The molecule has 1 aromatic carbocycles. The number of aliphatic hydroxyl groups excluding tert-OH is 2. The zero-order valence-corrected chi connectivity index (χ0v) is 17.0. The molecule has 0 saturated carbocycles. The Bertz CT molecular complexity index is 791. The van der Waals surface area contributed by atoms with Gasteiger partial charge in [0.05, 0.1) is 18.2 Å². The number of hydrogen-bond acceptors (Lipinski definition) is 3. The number of nitrogens with zero attached hydrogens (tertiary/aromatic N) is 1. The number of carbonyl (C=O) groups is 1. The lowest BCUT2D eigenvalue weighted by Crippen LogP contribution is -2.49. The number of amides is 1. The van der Waals surface area contributed by atoms with Crippen LogP contribution < -0.4 is 4.90 Å². The van der Waals surface area contributed by atoms with Gasteiger partial charge in [-0.2, -0.15) is 0 Å². The van der Waals surface area contributed by atoms with Gasteiger partial charge < -0.3 is 15.1 Å². The van der Waals surface area contributed by atoms with Crippen molar-refractivity contribution in [3.05, 3.63) is 65.8 Å². The Balaban J connectivity index is 2.00. The third-order valence-electron chi connectivity index (χ3n) is 5.88. The number of allylic oxidation sites excluding steroid dienone is 3. The van der Waals surface area contributed by atoms with Crippen LogP contribution in [-0.2, 0) is 4.79 Å². The Kier molecular flexibility index (Phi) is 6.21. The Morgan fingerprint density at radius 3 is 2.57 bits per heavy atom. The van der Waals surface area contributed by atoms with E-state index in [9.17, 15) is 15.0 Å². The van der Waals surface area contributed by atoms with Crippen molar-refractivity contribution in [3.8, 4) is 0 Å². The highest BCUT2D eigenvalue weighted by atomic mass is 16.3. The highest BCUT2D eigenvalue weighted by Gasteiger charge is 2.56. The van der Waals surface area contributed by atoms with E-state index in [1.165, 1.54) is 11.1 Å². The van der Waals surface area contributed by atoms with E-state index in [4.69, 9.17) is 0 Å². The van der Waals surface area contributed by atoms with E-state index >= 15 is 0 Å². The fraction of sp³-hybridized carbons (Fsp3) is 0.458. The maximum atomic E-state index is 13.1. The minimum absolute atomic E-state index is 0.00824. The second-order valence-corrected chi connectivity index (χ2v) is 8.39. The predicted octanol–water partition coefficient (Wildman–Crippen LogP) is 4.15. The van der Waals surface area contributed by atoms with E-state index in [2.05, 4.69) is 32.9 Å². The molecule has 1 saturated heterocycles. The van der Waals surface area contributed by atoms with Crippen molar-refractivity contribution in [3.63, 3.8) is 0 Å². The van der Waals surface area contributed by atoms with Crippen LogP contribution in [0.25, 0.3) is 0 Å². The molecule has 2 aliphatic rings. The first-order chi connectivity index (χ1) is 13.3. The lowest BCUT2D eigenvalue weighted by Gasteiger charge is -2.42. The van der Waals surface area contributed by atoms with E-state index in [1.54, 1.807) is 17.1 Å². The molecule has 1 spiro atoms. The van der Waals surface area contributed by atoms with Crippen molar-refractivity contribution >= 4 is 11.6 Å². The molecule has 4 heteroatoms. The SMILES string of the molecule is CC(C)=CCC/C(C)=C/[C@H]1N(c2ccccc2)C(=O)CC12C[C@H](O)C=CC2O. The van der Waals surface area contributed by atoms with Gasteiger partial charge in [0.15, 0.2) is 0 Å². The number of benzene rings is 1. The van der Waals surface area contributed by atoms with Gasteiger partial charge in [0.2, 0.25) is 5.91 Å². The summed E-state index contributed by atoms with van der Waals surface area (Å²) in [4.78, 5) is 14.9. The zero-order chi connectivity index (χ0) is 20.3. The van der Waals surface area contributed by atoms with E-state index < -0.39 is 17.6 Å². The number of carbonyl (C=O) groups excluding carboxylic acids is 1. The summed E-state index contributed by atoms with van der Waals surface area (Å²) >= 11 is 0. The molecule has 2 unspecified atom stereocenters. The van der Waals surface area contributed by atoms with Gasteiger partial charge in [0.1, 0.15) is 0 Å². The molecular formula is C24H31NO3. The second kappa shape index (κ2) is 8.46. The van der Waals surface area contributed by atoms with Crippen LogP contribution in [0.5, 0.6) is 0 Å². The van der Waals surface area contributed by atoms with Crippen LogP contribution >= 0.6 is 0 Å². The molecule has 2 N–H and O–H groups in total. The number of hydrogen-bond donors (Lipinski definition) is 2. The van der Waals surface area contributed by atoms with Crippen LogP contribution in [0.4, 0.5) is 5.69 Å². The Morgan fingerprint density at radius 1 is 1.18 bits per heavy atom. The second-order valence-electron chi connectivity index (χ2n) is 8.39. The molecule has 1 aliphatic heterocycles. The third kappa shape index (κ3) is 4.13. The van der Waals surface area contributed by atoms with Gasteiger partial charge in [-0.1, -0.05) is 53.6 Å². The molecule has 4 nitrogen and oxygen atoms in total. The van der Waals surface area contributed by atoms with Crippen molar-refractivity contribution in [2.75, 3.05) is 4.90 Å². The van der Waals surface area contributed by atoms with Gasteiger partial charge in [-0.3, -0.25) is 4.79 Å². The van der Waals surface area contributed by atoms with Crippen molar-refractivity contribution in [2.45, 2.75) is 64.7 Å². The standard InChI is InChI=1S/C24H31NO3/c1-17(2)8-7-9-18(3)14-21-24(15-20(26)12-13-22(24)27)16-23(28)25(21)19-10-5-4-6-11-19/h4-6,8,10-14,20-22,26-27H,7,9,15-16H2,1-3H3/b18-14+/t20-,21-,22?,24?/m1/s1. The molecular weight excluding hydrogens is 350 g/mol. The molecule has 3 rings (SSSR count). The first-order valence-electron chi connectivity index (χ1n) is 10.1. The van der Waals surface area contributed by atoms with Gasteiger partial charge in [0.25, 0.3) is 0 Å². The quantitative estimate of drug-likeness (QED) is 0.753. The van der Waals surface area contributed by atoms with E-state index in [0.29, 0.717) is 6.42 Å². The molecule has 1 aliphatic carbocycles. The van der Waals surface area contributed by atoms with E-state index in [1.807, 2.05) is 30.3 Å². The van der Waals surface area contributed by atoms with Crippen LogP contribution in [0.2, 0.25) is 0 Å². The van der Waals surface area contributed by atoms with Gasteiger partial charge in [-0.25, -0.2) is 0 Å². The molecule has 1 heterocycles. The first kappa shape index (κ1) is 20.6. The van der Waals surface area contributed by atoms with Crippen molar-refractivity contribution in [1.29, 1.82) is 0 Å². The largest absolute Gasteiger partial charge is 0.389 e. The topological polar surface area (TPSA) is 60.8 Å². The summed E-state index contributed by atoms with van der Waals surface area (Å²) < 4.78 is 0. The molecule has 1 amide bonds. The van der Waals surface area contributed by atoms with Gasteiger partial charge in [-0.15, -0.1) is 0 Å². The average molecular weight is 382 g/mol. The molecule has 1 fully saturated rings. The fourth-order valence-corrected chi connectivity index (χ4v) is 4.43. The molecule has 0 radical (unpaired) electrons. The smallest absolute Gasteiger partial charge is 0.228 e. The zero-order valence-electron chi connectivity index (χ0n) is 17.0.